The fourth-order valence-electron chi connectivity index (χ4n) is 1.78. The van der Waals surface area contributed by atoms with Gasteiger partial charge in [0, 0.05) is 0 Å². The molecule has 1 aromatic heterocycles. The molecule has 0 fully saturated rings. The van der Waals surface area contributed by atoms with Crippen LogP contribution in [-0.4, -0.2) is 23.8 Å². The number of rotatable bonds is 6. The molecule has 0 saturated carbocycles. The second kappa shape index (κ2) is 7.54. The van der Waals surface area contributed by atoms with E-state index >= 15 is 0 Å². The number of para-hydroxylation sites is 1. The molecule has 0 spiro atoms. The molecule has 2 N–H and O–H groups in total. The Morgan fingerprint density at radius 1 is 1.19 bits per heavy atom. The average Bonchev–Trinajstić information content (AvgIpc) is 2.99. The highest BCUT2D eigenvalue weighted by molar-refractivity contribution is 7.99. The van der Waals surface area contributed by atoms with Crippen molar-refractivity contribution in [3.63, 3.8) is 0 Å². The molecule has 0 saturated heterocycles. The Morgan fingerprint density at radius 2 is 2.00 bits per heavy atom. The van der Waals surface area contributed by atoms with E-state index in [2.05, 4.69) is 10.6 Å². The maximum atomic E-state index is 12.2. The molecule has 1 aromatic carbocycles. The fraction of sp³-hybridized carbons (Fsp3) is 0.200. The molecule has 21 heavy (non-hydrogen) atoms. The van der Waals surface area contributed by atoms with Crippen molar-refractivity contribution >= 4 is 29.3 Å². The number of amides is 2. The number of carbonyl (C=O) groups excluding carboxylic acids is 2. The van der Waals surface area contributed by atoms with E-state index in [0.717, 1.165) is 0 Å². The highest BCUT2D eigenvalue weighted by Crippen LogP contribution is 2.15. The average molecular weight is 304 g/mol. The predicted octanol–water partition coefficient (Wildman–Crippen LogP) is 2.51. The molecule has 0 bridgehead atoms. The first kappa shape index (κ1) is 15.2. The van der Waals surface area contributed by atoms with Crippen molar-refractivity contribution in [1.29, 1.82) is 0 Å². The summed E-state index contributed by atoms with van der Waals surface area (Å²) >= 11 is 1.43. The zero-order valence-corrected chi connectivity index (χ0v) is 12.4. The summed E-state index contributed by atoms with van der Waals surface area (Å²) in [6.07, 6.45) is 3.40. The Balaban J connectivity index is 2.04. The quantitative estimate of drug-likeness (QED) is 0.860. The zero-order valence-electron chi connectivity index (χ0n) is 11.6. The number of carbonyl (C=O) groups is 2. The summed E-state index contributed by atoms with van der Waals surface area (Å²) < 4.78 is 5.16. The largest absolute Gasteiger partial charge is 0.467 e. The van der Waals surface area contributed by atoms with Gasteiger partial charge in [0.05, 0.1) is 29.8 Å². The van der Waals surface area contributed by atoms with Crippen molar-refractivity contribution < 1.29 is 14.0 Å². The Labute approximate surface area is 127 Å². The number of hydrogen-bond acceptors (Lipinski definition) is 4. The first-order chi connectivity index (χ1) is 10.2. The van der Waals surface area contributed by atoms with Crippen LogP contribution in [0.4, 0.5) is 5.69 Å². The molecule has 1 heterocycles. The lowest BCUT2D eigenvalue weighted by Crippen LogP contribution is -2.25. The second-order valence-corrected chi connectivity index (χ2v) is 5.15. The summed E-state index contributed by atoms with van der Waals surface area (Å²) in [4.78, 5) is 23.8. The maximum absolute atomic E-state index is 12.2. The molecule has 2 rings (SSSR count). The Morgan fingerprint density at radius 3 is 2.71 bits per heavy atom. The predicted molar refractivity (Wildman–Crippen MR) is 83.3 cm³/mol. The van der Waals surface area contributed by atoms with Gasteiger partial charge in [0.15, 0.2) is 0 Å². The van der Waals surface area contributed by atoms with Gasteiger partial charge >= 0.3 is 0 Å². The van der Waals surface area contributed by atoms with Crippen LogP contribution in [0.2, 0.25) is 0 Å². The third-order valence-electron chi connectivity index (χ3n) is 2.72. The van der Waals surface area contributed by atoms with Crippen molar-refractivity contribution in [3.8, 4) is 0 Å². The van der Waals surface area contributed by atoms with Gasteiger partial charge in [-0.2, -0.15) is 11.8 Å². The summed E-state index contributed by atoms with van der Waals surface area (Å²) in [6.45, 7) is 0.304. The van der Waals surface area contributed by atoms with Crippen molar-refractivity contribution in [2.75, 3.05) is 17.3 Å². The topological polar surface area (TPSA) is 71.3 Å². The summed E-state index contributed by atoms with van der Waals surface area (Å²) in [5.74, 6) is 0.634. The van der Waals surface area contributed by atoms with Crippen LogP contribution < -0.4 is 10.6 Å². The minimum Gasteiger partial charge on any atom is -0.467 e. The minimum atomic E-state index is -0.258. The summed E-state index contributed by atoms with van der Waals surface area (Å²) in [6, 6.07) is 10.5. The minimum absolute atomic E-state index is 0.131. The molecule has 0 atom stereocenters. The molecular formula is C15H16N2O3S. The van der Waals surface area contributed by atoms with Crippen molar-refractivity contribution in [2.24, 2.45) is 0 Å². The molecule has 0 unspecified atom stereocenters. The molecule has 0 aliphatic carbocycles. The van der Waals surface area contributed by atoms with Gasteiger partial charge in [0.25, 0.3) is 5.91 Å². The van der Waals surface area contributed by atoms with Crippen molar-refractivity contribution in [3.05, 3.63) is 54.0 Å². The molecule has 2 amide bonds. The van der Waals surface area contributed by atoms with E-state index in [-0.39, 0.29) is 11.8 Å². The van der Waals surface area contributed by atoms with Crippen LogP contribution in [0.25, 0.3) is 0 Å². The zero-order chi connectivity index (χ0) is 15.1. The summed E-state index contributed by atoms with van der Waals surface area (Å²) in [5.41, 5.74) is 0.937. The number of benzene rings is 1. The van der Waals surface area contributed by atoms with Crippen LogP contribution in [0.1, 0.15) is 16.1 Å². The van der Waals surface area contributed by atoms with E-state index in [1.807, 2.05) is 6.26 Å². The SMILES string of the molecule is CSCC(=O)Nc1ccccc1C(=O)NCc1ccco1. The van der Waals surface area contributed by atoms with E-state index in [1.54, 1.807) is 42.7 Å². The number of nitrogens with one attached hydrogen (secondary N) is 2. The normalized spacial score (nSPS) is 10.1. The van der Waals surface area contributed by atoms with Crippen LogP contribution in [0, 0.1) is 0 Å². The smallest absolute Gasteiger partial charge is 0.253 e. The third-order valence-corrected chi connectivity index (χ3v) is 3.28. The highest BCUT2D eigenvalue weighted by Gasteiger charge is 2.12. The molecule has 110 valence electrons. The Hall–Kier alpha value is -2.21. The summed E-state index contributed by atoms with van der Waals surface area (Å²) in [7, 11) is 0. The van der Waals surface area contributed by atoms with Gasteiger partial charge in [0.2, 0.25) is 5.91 Å². The van der Waals surface area contributed by atoms with Crippen LogP contribution in [0.3, 0.4) is 0 Å². The van der Waals surface area contributed by atoms with Gasteiger partial charge in [-0.1, -0.05) is 12.1 Å². The Bertz CT molecular complexity index is 611. The number of hydrogen-bond donors (Lipinski definition) is 2. The molecule has 0 aliphatic heterocycles. The lowest BCUT2D eigenvalue weighted by molar-refractivity contribution is -0.113. The first-order valence-electron chi connectivity index (χ1n) is 6.39. The van der Waals surface area contributed by atoms with Crippen LogP contribution in [-0.2, 0) is 11.3 Å². The molecule has 0 radical (unpaired) electrons. The Kier molecular flexibility index (Phi) is 5.45. The van der Waals surface area contributed by atoms with Crippen LogP contribution in [0.5, 0.6) is 0 Å². The molecule has 0 aliphatic rings. The molecule has 6 heteroatoms. The number of furan rings is 1. The fourth-order valence-corrected chi connectivity index (χ4v) is 2.12. The van der Waals surface area contributed by atoms with Gasteiger partial charge in [-0.05, 0) is 30.5 Å². The maximum Gasteiger partial charge on any atom is 0.253 e. The lowest BCUT2D eigenvalue weighted by Gasteiger charge is -2.10. The van der Waals surface area contributed by atoms with Gasteiger partial charge in [-0.15, -0.1) is 0 Å². The van der Waals surface area contributed by atoms with Gasteiger partial charge in [-0.25, -0.2) is 0 Å². The highest BCUT2D eigenvalue weighted by atomic mass is 32.2. The molecule has 5 nitrogen and oxygen atoms in total. The molecule has 2 aromatic rings. The van der Waals surface area contributed by atoms with Crippen LogP contribution >= 0.6 is 11.8 Å². The first-order valence-corrected chi connectivity index (χ1v) is 7.78. The third kappa shape index (κ3) is 4.39. The number of thioether (sulfide) groups is 1. The van der Waals surface area contributed by atoms with Crippen molar-refractivity contribution in [1.82, 2.24) is 5.32 Å². The van der Waals surface area contributed by atoms with Gasteiger partial charge in [-0.3, -0.25) is 9.59 Å². The van der Waals surface area contributed by atoms with Gasteiger partial charge < -0.3 is 15.1 Å². The van der Waals surface area contributed by atoms with Gasteiger partial charge in [0.1, 0.15) is 5.76 Å². The van der Waals surface area contributed by atoms with E-state index in [9.17, 15) is 9.59 Å². The van der Waals surface area contributed by atoms with E-state index in [1.165, 1.54) is 11.8 Å². The summed E-state index contributed by atoms with van der Waals surface area (Å²) in [5, 5.41) is 5.50. The lowest BCUT2D eigenvalue weighted by atomic mass is 10.1. The molecular weight excluding hydrogens is 288 g/mol. The van der Waals surface area contributed by atoms with E-state index < -0.39 is 0 Å². The monoisotopic (exact) mass is 304 g/mol. The standard InChI is InChI=1S/C15H16N2O3S/c1-21-10-14(18)17-13-7-3-2-6-12(13)15(19)16-9-11-5-4-8-20-11/h2-8H,9-10H2,1H3,(H,16,19)(H,17,18). The number of anilines is 1. The van der Waals surface area contributed by atoms with Crippen molar-refractivity contribution in [2.45, 2.75) is 6.54 Å². The van der Waals surface area contributed by atoms with Crippen LogP contribution in [0.15, 0.2) is 47.1 Å². The second-order valence-electron chi connectivity index (χ2n) is 4.29. The van der Waals surface area contributed by atoms with E-state index in [4.69, 9.17) is 4.42 Å². The van der Waals surface area contributed by atoms with E-state index in [0.29, 0.717) is 29.3 Å².